The van der Waals surface area contributed by atoms with Crippen LogP contribution >= 0.6 is 0 Å². The lowest BCUT2D eigenvalue weighted by atomic mass is 10.2. The van der Waals surface area contributed by atoms with Crippen LogP contribution in [0.4, 0.5) is 10.5 Å². The number of hydrogen-bond donors (Lipinski definition) is 1. The second-order valence-electron chi connectivity index (χ2n) is 8.63. The third-order valence-corrected chi connectivity index (χ3v) is 6.62. The number of imide groups is 1. The van der Waals surface area contributed by atoms with E-state index >= 15 is 0 Å². The zero-order valence-corrected chi connectivity index (χ0v) is 18.1. The molecule has 0 unspecified atom stereocenters. The van der Waals surface area contributed by atoms with E-state index in [0.29, 0.717) is 6.54 Å². The number of ether oxygens (including phenoxy) is 1. The number of hydrogen-bond acceptors (Lipinski definition) is 4. The molecule has 3 aliphatic rings. The highest BCUT2D eigenvalue weighted by molar-refractivity contribution is 6.04. The van der Waals surface area contributed by atoms with Gasteiger partial charge in [0.05, 0.1) is 45.0 Å². The summed E-state index contributed by atoms with van der Waals surface area (Å²) in [4.78, 5) is 32.1. The minimum atomic E-state index is -0.173. The predicted molar refractivity (Wildman–Crippen MR) is 116 cm³/mol. The highest BCUT2D eigenvalue weighted by Gasteiger charge is 2.46. The molecule has 1 N–H and O–H groups in total. The molecule has 1 atom stereocenters. The summed E-state index contributed by atoms with van der Waals surface area (Å²) < 4.78 is 6.01. The Balaban J connectivity index is 1.22. The standard InChI is InChI=1S/C23H34N4O3/c1-2-3-18-30-21-10-5-4-8-19(21)25-16-14-24(15-17-25)11-7-13-27-22(28)20-9-6-12-26(20)23(27)29/h4-5,8,10,20H,2-3,6-7,9,11-18H2,1H3/p+1/t20-/m0/s1. The van der Waals surface area contributed by atoms with E-state index in [1.54, 1.807) is 9.80 Å². The first-order valence-corrected chi connectivity index (χ1v) is 11.6. The number of nitrogens with one attached hydrogen (secondary N) is 1. The van der Waals surface area contributed by atoms with E-state index in [1.807, 2.05) is 6.07 Å². The van der Waals surface area contributed by atoms with Crippen molar-refractivity contribution in [2.24, 2.45) is 0 Å². The van der Waals surface area contributed by atoms with Gasteiger partial charge in [0.1, 0.15) is 11.8 Å². The molecule has 0 saturated carbocycles. The molecule has 3 amide bonds. The van der Waals surface area contributed by atoms with Gasteiger partial charge in [-0.1, -0.05) is 25.5 Å². The van der Waals surface area contributed by atoms with Gasteiger partial charge >= 0.3 is 6.03 Å². The van der Waals surface area contributed by atoms with Crippen molar-refractivity contribution >= 4 is 17.6 Å². The monoisotopic (exact) mass is 415 g/mol. The number of piperazine rings is 1. The van der Waals surface area contributed by atoms with Crippen molar-refractivity contribution < 1.29 is 19.2 Å². The number of rotatable bonds is 9. The molecule has 0 bridgehead atoms. The summed E-state index contributed by atoms with van der Waals surface area (Å²) >= 11 is 0. The SMILES string of the molecule is CCCCOc1ccccc1N1CC[NH+](CCCN2C(=O)[C@@H]3CCCN3C2=O)CC1. The van der Waals surface area contributed by atoms with Crippen LogP contribution < -0.4 is 14.5 Å². The van der Waals surface area contributed by atoms with Gasteiger partial charge in [0.15, 0.2) is 0 Å². The molecule has 7 nitrogen and oxygen atoms in total. The Morgan fingerprint density at radius 2 is 1.90 bits per heavy atom. The lowest BCUT2D eigenvalue weighted by Gasteiger charge is -2.34. The molecule has 0 radical (unpaired) electrons. The fourth-order valence-corrected chi connectivity index (χ4v) is 4.86. The van der Waals surface area contributed by atoms with E-state index in [-0.39, 0.29) is 18.0 Å². The first-order chi connectivity index (χ1) is 14.7. The first-order valence-electron chi connectivity index (χ1n) is 11.6. The number of anilines is 1. The topological polar surface area (TPSA) is 57.5 Å². The quantitative estimate of drug-likeness (QED) is 0.489. The van der Waals surface area contributed by atoms with Crippen LogP contribution in [0.3, 0.4) is 0 Å². The molecule has 1 aromatic rings. The number of quaternary nitrogens is 1. The normalized spacial score (nSPS) is 22.2. The minimum Gasteiger partial charge on any atom is -0.491 e. The summed E-state index contributed by atoms with van der Waals surface area (Å²) in [6.45, 7) is 9.39. The maximum absolute atomic E-state index is 12.4. The van der Waals surface area contributed by atoms with Gasteiger partial charge in [0.25, 0.3) is 5.91 Å². The molecule has 0 aliphatic carbocycles. The van der Waals surface area contributed by atoms with E-state index in [1.165, 1.54) is 10.6 Å². The lowest BCUT2D eigenvalue weighted by Crippen LogP contribution is -3.15. The Labute approximate surface area is 179 Å². The molecular weight excluding hydrogens is 380 g/mol. The Kier molecular flexibility index (Phi) is 6.77. The maximum Gasteiger partial charge on any atom is 0.327 e. The van der Waals surface area contributed by atoms with Crippen LogP contribution in [0, 0.1) is 0 Å². The first kappa shape index (κ1) is 21.0. The number of carbonyl (C=O) groups is 2. The second-order valence-corrected chi connectivity index (χ2v) is 8.63. The van der Waals surface area contributed by atoms with E-state index < -0.39 is 0 Å². The van der Waals surface area contributed by atoms with Gasteiger partial charge in [0, 0.05) is 19.5 Å². The minimum absolute atomic E-state index is 0.0250. The third kappa shape index (κ3) is 4.41. The summed E-state index contributed by atoms with van der Waals surface area (Å²) in [5.41, 5.74) is 1.20. The molecule has 3 heterocycles. The highest BCUT2D eigenvalue weighted by Crippen LogP contribution is 2.28. The van der Waals surface area contributed by atoms with Crippen molar-refractivity contribution in [1.82, 2.24) is 9.80 Å². The number of nitrogens with zero attached hydrogens (tertiary/aromatic N) is 3. The largest absolute Gasteiger partial charge is 0.491 e. The Morgan fingerprint density at radius 1 is 1.10 bits per heavy atom. The smallest absolute Gasteiger partial charge is 0.327 e. The molecule has 3 aliphatic heterocycles. The molecule has 0 spiro atoms. The molecular formula is C23H35N4O3+. The van der Waals surface area contributed by atoms with Crippen LogP contribution in [-0.2, 0) is 4.79 Å². The summed E-state index contributed by atoms with van der Waals surface area (Å²) in [5.74, 6) is 1.01. The van der Waals surface area contributed by atoms with Crippen LogP contribution in [0.25, 0.3) is 0 Å². The van der Waals surface area contributed by atoms with E-state index in [2.05, 4.69) is 30.0 Å². The van der Waals surface area contributed by atoms with Crippen LogP contribution in [0.5, 0.6) is 5.75 Å². The third-order valence-electron chi connectivity index (χ3n) is 6.62. The molecule has 1 aromatic carbocycles. The number of benzene rings is 1. The average Bonchev–Trinajstić information content (AvgIpc) is 3.34. The highest BCUT2D eigenvalue weighted by atomic mass is 16.5. The maximum atomic E-state index is 12.4. The van der Waals surface area contributed by atoms with Crippen LogP contribution in [-0.4, -0.2) is 80.2 Å². The number of fused-ring (bicyclic) bond motifs is 1. The van der Waals surface area contributed by atoms with Gasteiger partial charge in [-0.25, -0.2) is 4.79 Å². The van der Waals surface area contributed by atoms with Crippen molar-refractivity contribution in [2.75, 3.05) is 57.3 Å². The van der Waals surface area contributed by atoms with E-state index in [0.717, 1.165) is 83.7 Å². The van der Waals surface area contributed by atoms with Crippen molar-refractivity contribution in [1.29, 1.82) is 0 Å². The number of para-hydroxylation sites is 2. The van der Waals surface area contributed by atoms with Crippen molar-refractivity contribution in [3.8, 4) is 5.75 Å². The zero-order valence-electron chi connectivity index (χ0n) is 18.1. The predicted octanol–water partition coefficient (Wildman–Crippen LogP) is 1.39. The summed E-state index contributed by atoms with van der Waals surface area (Å²) in [5, 5.41) is 0. The summed E-state index contributed by atoms with van der Waals surface area (Å²) in [6.07, 6.45) is 4.88. The van der Waals surface area contributed by atoms with Crippen molar-refractivity contribution in [3.63, 3.8) is 0 Å². The lowest BCUT2D eigenvalue weighted by molar-refractivity contribution is -0.900. The van der Waals surface area contributed by atoms with Gasteiger partial charge in [-0.2, -0.15) is 0 Å². The molecule has 30 heavy (non-hydrogen) atoms. The summed E-state index contributed by atoms with van der Waals surface area (Å²) in [7, 11) is 0. The van der Waals surface area contributed by atoms with Gasteiger partial charge in [0.2, 0.25) is 0 Å². The summed E-state index contributed by atoms with van der Waals surface area (Å²) in [6, 6.07) is 8.10. The fraction of sp³-hybridized carbons (Fsp3) is 0.652. The Hall–Kier alpha value is -2.28. The van der Waals surface area contributed by atoms with Crippen molar-refractivity contribution in [2.45, 2.75) is 45.1 Å². The number of carbonyl (C=O) groups excluding carboxylic acids is 2. The zero-order chi connectivity index (χ0) is 20.9. The fourth-order valence-electron chi connectivity index (χ4n) is 4.86. The molecule has 3 saturated heterocycles. The number of unbranched alkanes of at least 4 members (excludes halogenated alkanes) is 1. The van der Waals surface area contributed by atoms with E-state index in [4.69, 9.17) is 4.74 Å². The molecule has 4 rings (SSSR count). The van der Waals surface area contributed by atoms with Gasteiger partial charge < -0.3 is 19.4 Å². The number of urea groups is 1. The van der Waals surface area contributed by atoms with Gasteiger partial charge in [-0.3, -0.25) is 9.69 Å². The van der Waals surface area contributed by atoms with Gasteiger partial charge in [-0.15, -0.1) is 0 Å². The van der Waals surface area contributed by atoms with E-state index in [9.17, 15) is 9.59 Å². The molecule has 7 heteroatoms. The van der Waals surface area contributed by atoms with Crippen LogP contribution in [0.1, 0.15) is 39.0 Å². The van der Waals surface area contributed by atoms with Crippen LogP contribution in [0.15, 0.2) is 24.3 Å². The second kappa shape index (κ2) is 9.69. The Morgan fingerprint density at radius 3 is 2.67 bits per heavy atom. The molecule has 164 valence electrons. The van der Waals surface area contributed by atoms with Crippen molar-refractivity contribution in [3.05, 3.63) is 24.3 Å². The molecule has 0 aromatic heterocycles. The molecule has 3 fully saturated rings. The van der Waals surface area contributed by atoms with Gasteiger partial charge in [-0.05, 0) is 31.4 Å². The Bertz CT molecular complexity index is 726. The number of amides is 3. The average molecular weight is 416 g/mol. The van der Waals surface area contributed by atoms with Crippen LogP contribution in [0.2, 0.25) is 0 Å².